The number of carbonyl (C=O) groups is 1. The quantitative estimate of drug-likeness (QED) is 0.422. The molecule has 0 aliphatic heterocycles. The lowest BCUT2D eigenvalue weighted by atomic mass is 9.97. The summed E-state index contributed by atoms with van der Waals surface area (Å²) in [7, 11) is 1.62. The van der Waals surface area contributed by atoms with Crippen molar-refractivity contribution >= 4 is 44.9 Å². The maximum Gasteiger partial charge on any atom is 0.263 e. The van der Waals surface area contributed by atoms with Crippen molar-refractivity contribution in [1.29, 1.82) is 0 Å². The van der Waals surface area contributed by atoms with Crippen LogP contribution in [0.15, 0.2) is 28.2 Å². The second-order valence-corrected chi connectivity index (χ2v) is 9.92. The third-order valence-corrected chi connectivity index (χ3v) is 7.71. The van der Waals surface area contributed by atoms with Gasteiger partial charge in [-0.1, -0.05) is 29.5 Å². The first-order valence-corrected chi connectivity index (χ1v) is 12.3. The summed E-state index contributed by atoms with van der Waals surface area (Å²) < 4.78 is 6.89. The molecule has 31 heavy (non-hydrogen) atoms. The molecule has 1 N–H and O–H groups in total. The molecule has 0 saturated carbocycles. The second-order valence-electron chi connectivity index (χ2n) is 7.89. The van der Waals surface area contributed by atoms with Gasteiger partial charge in [0.15, 0.2) is 5.16 Å². The van der Waals surface area contributed by atoms with E-state index < -0.39 is 0 Å². The highest BCUT2D eigenvalue weighted by molar-refractivity contribution is 7.99. The number of anilines is 1. The summed E-state index contributed by atoms with van der Waals surface area (Å²) in [5.74, 6) is 0.0682. The van der Waals surface area contributed by atoms with Gasteiger partial charge in [-0.2, -0.15) is 0 Å². The van der Waals surface area contributed by atoms with Crippen LogP contribution in [0.5, 0.6) is 0 Å². The van der Waals surface area contributed by atoms with Gasteiger partial charge >= 0.3 is 0 Å². The molecule has 0 radical (unpaired) electrons. The van der Waals surface area contributed by atoms with E-state index in [2.05, 4.69) is 5.32 Å². The molecule has 0 saturated heterocycles. The number of carbonyl (C=O) groups excluding carboxylic acids is 1. The fourth-order valence-electron chi connectivity index (χ4n) is 3.98. The molecule has 0 fully saturated rings. The van der Waals surface area contributed by atoms with Crippen LogP contribution in [0, 0.1) is 13.8 Å². The van der Waals surface area contributed by atoms with Crippen LogP contribution >= 0.6 is 23.1 Å². The Bertz CT molecular complexity index is 1180. The number of methoxy groups -OCH3 is 1. The van der Waals surface area contributed by atoms with Crippen LogP contribution in [0.3, 0.4) is 0 Å². The minimum absolute atomic E-state index is 0.0151. The van der Waals surface area contributed by atoms with Crippen molar-refractivity contribution in [3.05, 3.63) is 50.1 Å². The van der Waals surface area contributed by atoms with Gasteiger partial charge in [-0.15, -0.1) is 11.3 Å². The average molecular weight is 458 g/mol. The maximum atomic E-state index is 13.4. The van der Waals surface area contributed by atoms with Crippen molar-refractivity contribution < 1.29 is 9.53 Å². The van der Waals surface area contributed by atoms with E-state index in [0.717, 1.165) is 52.7 Å². The van der Waals surface area contributed by atoms with Gasteiger partial charge in [-0.05, 0) is 56.7 Å². The van der Waals surface area contributed by atoms with Crippen molar-refractivity contribution in [3.63, 3.8) is 0 Å². The Hall–Kier alpha value is -2.16. The molecular weight excluding hydrogens is 430 g/mol. The zero-order chi connectivity index (χ0) is 22.0. The summed E-state index contributed by atoms with van der Waals surface area (Å²) in [6.45, 7) is 4.84. The summed E-state index contributed by atoms with van der Waals surface area (Å²) in [5, 5.41) is 4.30. The maximum absolute atomic E-state index is 13.4. The van der Waals surface area contributed by atoms with Crippen molar-refractivity contribution in [2.24, 2.45) is 0 Å². The second kappa shape index (κ2) is 9.54. The summed E-state index contributed by atoms with van der Waals surface area (Å²) in [5.41, 5.74) is 4.15. The van der Waals surface area contributed by atoms with E-state index in [0.29, 0.717) is 18.3 Å². The number of aromatic nitrogens is 2. The zero-order valence-corrected chi connectivity index (χ0v) is 19.8. The van der Waals surface area contributed by atoms with Gasteiger partial charge in [0.05, 0.1) is 24.3 Å². The highest BCUT2D eigenvalue weighted by Gasteiger charge is 2.22. The Labute approximate surface area is 190 Å². The third kappa shape index (κ3) is 4.71. The Morgan fingerprint density at radius 1 is 1.29 bits per heavy atom. The number of amides is 1. The summed E-state index contributed by atoms with van der Waals surface area (Å²) >= 11 is 2.93. The van der Waals surface area contributed by atoms with E-state index in [1.807, 2.05) is 32.0 Å². The van der Waals surface area contributed by atoms with Gasteiger partial charge in [0.1, 0.15) is 4.83 Å². The van der Waals surface area contributed by atoms with Crippen LogP contribution in [-0.2, 0) is 28.9 Å². The van der Waals surface area contributed by atoms with E-state index in [4.69, 9.17) is 9.72 Å². The van der Waals surface area contributed by atoms with Gasteiger partial charge in [0, 0.05) is 17.7 Å². The fourth-order valence-corrected chi connectivity index (χ4v) is 6.11. The molecule has 0 unspecified atom stereocenters. The Balaban J connectivity index is 1.59. The van der Waals surface area contributed by atoms with Crippen LogP contribution < -0.4 is 10.9 Å². The minimum atomic E-state index is -0.116. The van der Waals surface area contributed by atoms with Crippen molar-refractivity contribution in [3.8, 4) is 0 Å². The van der Waals surface area contributed by atoms with E-state index >= 15 is 0 Å². The molecule has 6 nitrogen and oxygen atoms in total. The Morgan fingerprint density at radius 2 is 2.10 bits per heavy atom. The summed E-state index contributed by atoms with van der Waals surface area (Å²) in [6.07, 6.45) is 4.25. The molecule has 2 aromatic heterocycles. The summed E-state index contributed by atoms with van der Waals surface area (Å²) in [4.78, 5) is 32.8. The molecular formula is C23H27N3O3S2. The zero-order valence-electron chi connectivity index (χ0n) is 18.1. The predicted octanol–water partition coefficient (Wildman–Crippen LogP) is 4.33. The minimum Gasteiger partial charge on any atom is -0.383 e. The first kappa shape index (κ1) is 22.0. The highest BCUT2D eigenvalue weighted by Crippen LogP contribution is 2.34. The van der Waals surface area contributed by atoms with E-state index in [-0.39, 0.29) is 17.2 Å². The van der Waals surface area contributed by atoms with E-state index in [9.17, 15) is 9.59 Å². The third-order valence-electron chi connectivity index (χ3n) is 5.55. The number of hydrogen-bond donors (Lipinski definition) is 1. The lowest BCUT2D eigenvalue weighted by Crippen LogP contribution is -2.26. The van der Waals surface area contributed by atoms with Gasteiger partial charge in [0.25, 0.3) is 5.56 Å². The SMILES string of the molecule is COCCn1c(SCC(=O)Nc2ccc(C)cc2C)nc2sc3c(c2c1=O)CCCC3. The normalized spacial score (nSPS) is 13.4. The first-order chi connectivity index (χ1) is 15.0. The van der Waals surface area contributed by atoms with Crippen LogP contribution in [0.1, 0.15) is 34.4 Å². The van der Waals surface area contributed by atoms with Crippen LogP contribution in [0.25, 0.3) is 10.2 Å². The van der Waals surface area contributed by atoms with Crippen molar-refractivity contribution in [1.82, 2.24) is 9.55 Å². The number of thioether (sulfide) groups is 1. The lowest BCUT2D eigenvalue weighted by Gasteiger charge is -2.13. The van der Waals surface area contributed by atoms with E-state index in [1.165, 1.54) is 22.2 Å². The molecule has 1 aliphatic rings. The molecule has 0 spiro atoms. The number of nitrogens with one attached hydrogen (secondary N) is 1. The lowest BCUT2D eigenvalue weighted by molar-refractivity contribution is -0.113. The van der Waals surface area contributed by atoms with Gasteiger partial charge in [-0.25, -0.2) is 4.98 Å². The monoisotopic (exact) mass is 457 g/mol. The van der Waals surface area contributed by atoms with Crippen LogP contribution in [-0.4, -0.2) is 34.9 Å². The molecule has 2 heterocycles. The smallest absolute Gasteiger partial charge is 0.263 e. The summed E-state index contributed by atoms with van der Waals surface area (Å²) in [6, 6.07) is 5.94. The highest BCUT2D eigenvalue weighted by atomic mass is 32.2. The van der Waals surface area contributed by atoms with Gasteiger partial charge in [-0.3, -0.25) is 14.2 Å². The topological polar surface area (TPSA) is 73.2 Å². The molecule has 0 bridgehead atoms. The number of benzene rings is 1. The molecule has 8 heteroatoms. The van der Waals surface area contributed by atoms with E-state index in [1.54, 1.807) is 23.0 Å². The van der Waals surface area contributed by atoms with Gasteiger partial charge in [0.2, 0.25) is 5.91 Å². The molecule has 4 rings (SSSR count). The van der Waals surface area contributed by atoms with Crippen LogP contribution in [0.2, 0.25) is 0 Å². The van der Waals surface area contributed by atoms with Crippen molar-refractivity contribution in [2.45, 2.75) is 51.2 Å². The number of aryl methyl sites for hydroxylation is 4. The molecule has 1 aliphatic carbocycles. The molecule has 1 amide bonds. The largest absolute Gasteiger partial charge is 0.383 e. The average Bonchev–Trinajstić information content (AvgIpc) is 3.12. The van der Waals surface area contributed by atoms with Crippen molar-refractivity contribution in [2.75, 3.05) is 24.8 Å². The number of thiophene rings is 1. The Morgan fingerprint density at radius 3 is 2.87 bits per heavy atom. The first-order valence-electron chi connectivity index (χ1n) is 10.5. The number of hydrogen-bond acceptors (Lipinski definition) is 6. The van der Waals surface area contributed by atoms with Crippen LogP contribution in [0.4, 0.5) is 5.69 Å². The molecule has 164 valence electrons. The fraction of sp³-hybridized carbons (Fsp3) is 0.435. The Kier molecular flexibility index (Phi) is 6.79. The molecule has 1 aromatic carbocycles. The number of fused-ring (bicyclic) bond motifs is 3. The number of ether oxygens (including phenoxy) is 1. The standard InChI is InChI=1S/C23H27N3O3S2/c1-14-8-9-17(15(2)12-14)24-19(27)13-30-23-25-21-20(22(28)26(23)10-11-29-3)16-6-4-5-7-18(16)31-21/h8-9,12H,4-7,10-11,13H2,1-3H3,(H,24,27). The molecule has 0 atom stereocenters. The number of nitrogens with zero attached hydrogens (tertiary/aromatic N) is 2. The predicted molar refractivity (Wildman–Crippen MR) is 128 cm³/mol. The number of rotatable bonds is 7. The molecule has 3 aromatic rings. The van der Waals surface area contributed by atoms with Gasteiger partial charge < -0.3 is 10.1 Å².